The fourth-order valence-electron chi connectivity index (χ4n) is 10.1. The minimum Gasteiger partial charge on any atom is -0.264 e. The first-order valence-corrected chi connectivity index (χ1v) is 20.1. The molecule has 11 atom stereocenters. The molecule has 0 spiro atoms. The van der Waals surface area contributed by atoms with Crippen LogP contribution in [-0.4, -0.2) is 57.2 Å². The Hall–Kier alpha value is -0.650. The minimum absolute atomic E-state index is 0.0179. The van der Waals surface area contributed by atoms with Crippen molar-refractivity contribution in [2.75, 3.05) is 0 Å². The van der Waals surface area contributed by atoms with Gasteiger partial charge >= 0.3 is 31.2 Å². The zero-order chi connectivity index (χ0) is 34.0. The molecule has 11 unspecified atom stereocenters. The molecule has 45 heavy (non-hydrogen) atoms. The molecule has 262 valence electrons. The van der Waals surface area contributed by atoms with E-state index < -0.39 is 60.8 Å². The fraction of sp³-hybridized carbons (Fsp3) is 0.933. The van der Waals surface area contributed by atoms with Crippen LogP contribution in [0.3, 0.4) is 0 Å². The summed E-state index contributed by atoms with van der Waals surface area (Å²) in [4.78, 5) is 0. The van der Waals surface area contributed by atoms with Gasteiger partial charge in [0, 0.05) is 0 Å². The standard InChI is InChI=1S/C30H52O12S3/c1-8-28(4,5)19(3)10-9-18(2)21-11-12-22-20-15-25(40-43(31,32)33)24-16-26(41-44(34,35)36)27(42-45(37,38)39)17-30(24,7)23(20)13-14-29(21,22)6/h10,18,20-27H,8-9,11-17H2,1-7H3,(H,31,32,33)(H,34,35,36)(H,37,38,39). The highest BCUT2D eigenvalue weighted by atomic mass is 32.3. The first-order valence-electron chi connectivity index (χ1n) is 16.0. The summed E-state index contributed by atoms with van der Waals surface area (Å²) < 4.78 is 115. The van der Waals surface area contributed by atoms with Crippen LogP contribution >= 0.6 is 0 Å². The Morgan fingerprint density at radius 3 is 1.91 bits per heavy atom. The lowest BCUT2D eigenvalue weighted by Gasteiger charge is -2.63. The van der Waals surface area contributed by atoms with Crippen molar-refractivity contribution in [3.05, 3.63) is 11.6 Å². The summed E-state index contributed by atoms with van der Waals surface area (Å²) in [5.74, 6) is 0.357. The van der Waals surface area contributed by atoms with Crippen molar-refractivity contribution < 1.29 is 51.5 Å². The molecule has 12 nitrogen and oxygen atoms in total. The van der Waals surface area contributed by atoms with Crippen LogP contribution in [0.15, 0.2) is 11.6 Å². The predicted octanol–water partition coefficient (Wildman–Crippen LogP) is 5.84. The molecule has 0 heterocycles. The molecule has 0 bridgehead atoms. The van der Waals surface area contributed by atoms with Crippen molar-refractivity contribution in [1.82, 2.24) is 0 Å². The van der Waals surface area contributed by atoms with Crippen LogP contribution in [0.2, 0.25) is 0 Å². The maximum atomic E-state index is 12.1. The van der Waals surface area contributed by atoms with E-state index in [9.17, 15) is 38.9 Å². The Bertz CT molecular complexity index is 1460. The lowest BCUT2D eigenvalue weighted by molar-refractivity contribution is -0.183. The third-order valence-electron chi connectivity index (χ3n) is 12.9. The van der Waals surface area contributed by atoms with Gasteiger partial charge in [-0.25, -0.2) is 12.5 Å². The van der Waals surface area contributed by atoms with Gasteiger partial charge in [0.25, 0.3) is 0 Å². The summed E-state index contributed by atoms with van der Waals surface area (Å²) in [5, 5.41) is 0. The second-order valence-electron chi connectivity index (χ2n) is 15.4. The molecule has 0 aromatic carbocycles. The fourth-order valence-corrected chi connectivity index (χ4v) is 11.6. The van der Waals surface area contributed by atoms with Gasteiger partial charge in [-0.15, -0.1) is 0 Å². The summed E-state index contributed by atoms with van der Waals surface area (Å²) in [6, 6.07) is 0. The van der Waals surface area contributed by atoms with Crippen molar-refractivity contribution in [3.63, 3.8) is 0 Å². The lowest BCUT2D eigenvalue weighted by atomic mass is 9.43. The molecule has 0 aromatic heterocycles. The molecule has 15 heteroatoms. The quantitative estimate of drug-likeness (QED) is 0.173. The van der Waals surface area contributed by atoms with Crippen LogP contribution < -0.4 is 0 Å². The molecule has 3 N–H and O–H groups in total. The second kappa shape index (κ2) is 12.7. The Morgan fingerprint density at radius 1 is 0.822 bits per heavy atom. The highest BCUT2D eigenvalue weighted by Gasteiger charge is 2.65. The van der Waals surface area contributed by atoms with Gasteiger partial charge in [0.05, 0.1) is 6.10 Å². The summed E-state index contributed by atoms with van der Waals surface area (Å²) in [5.41, 5.74) is 0.665. The zero-order valence-corrected chi connectivity index (χ0v) is 29.8. The molecule has 4 aliphatic rings. The predicted molar refractivity (Wildman–Crippen MR) is 167 cm³/mol. The Balaban J connectivity index is 1.67. The van der Waals surface area contributed by atoms with Crippen LogP contribution in [0, 0.1) is 51.8 Å². The van der Waals surface area contributed by atoms with Gasteiger partial charge in [-0.3, -0.25) is 13.7 Å². The van der Waals surface area contributed by atoms with E-state index in [0.29, 0.717) is 18.3 Å². The van der Waals surface area contributed by atoms with E-state index in [1.807, 2.05) is 6.92 Å². The molecule has 0 saturated heterocycles. The van der Waals surface area contributed by atoms with Crippen molar-refractivity contribution in [1.29, 1.82) is 0 Å². The maximum Gasteiger partial charge on any atom is 0.397 e. The topological polar surface area (TPSA) is 191 Å². The van der Waals surface area contributed by atoms with Gasteiger partial charge in [0.1, 0.15) is 12.2 Å². The molecule has 0 radical (unpaired) electrons. The average Bonchev–Trinajstić information content (AvgIpc) is 3.23. The normalized spacial score (nSPS) is 40.4. The van der Waals surface area contributed by atoms with Crippen LogP contribution in [0.5, 0.6) is 0 Å². The number of hydrogen-bond donors (Lipinski definition) is 3. The molecule has 0 aliphatic heterocycles. The van der Waals surface area contributed by atoms with Gasteiger partial charge < -0.3 is 0 Å². The monoisotopic (exact) mass is 700 g/mol. The highest BCUT2D eigenvalue weighted by Crippen LogP contribution is 2.69. The molecular formula is C30H52O12S3. The van der Waals surface area contributed by atoms with Gasteiger partial charge in [-0.1, -0.05) is 53.2 Å². The molecule has 0 aromatic rings. The summed E-state index contributed by atoms with van der Waals surface area (Å²) >= 11 is 0. The molecular weight excluding hydrogens is 649 g/mol. The smallest absolute Gasteiger partial charge is 0.264 e. The van der Waals surface area contributed by atoms with Crippen LogP contribution in [0.1, 0.15) is 106 Å². The first-order chi connectivity index (χ1) is 20.4. The summed E-state index contributed by atoms with van der Waals surface area (Å²) in [6.45, 7) is 15.4. The summed E-state index contributed by atoms with van der Waals surface area (Å²) in [6.07, 6.45) is 3.92. The van der Waals surface area contributed by atoms with E-state index in [4.69, 9.17) is 12.5 Å². The van der Waals surface area contributed by atoms with Crippen LogP contribution in [0.4, 0.5) is 0 Å². The molecule has 4 saturated carbocycles. The van der Waals surface area contributed by atoms with Gasteiger partial charge in [-0.05, 0) is 116 Å². The van der Waals surface area contributed by atoms with E-state index >= 15 is 0 Å². The van der Waals surface area contributed by atoms with Crippen LogP contribution in [0.25, 0.3) is 0 Å². The highest BCUT2D eigenvalue weighted by molar-refractivity contribution is 7.81. The zero-order valence-electron chi connectivity index (χ0n) is 27.4. The van der Waals surface area contributed by atoms with Crippen LogP contribution in [-0.2, 0) is 43.7 Å². The first kappa shape index (κ1) is 37.2. The van der Waals surface area contributed by atoms with E-state index in [2.05, 4.69) is 47.6 Å². The third kappa shape index (κ3) is 7.98. The Morgan fingerprint density at radius 2 is 1.36 bits per heavy atom. The van der Waals surface area contributed by atoms with E-state index in [1.165, 1.54) is 5.57 Å². The SMILES string of the molecule is CCC(C)(C)C(C)=CCC(C)C1CCC2C3CC(OS(=O)(=O)O)C4CC(OS(=O)(=O)O)C(OS(=O)(=O)O)CC4(C)C3CCC12C. The largest absolute Gasteiger partial charge is 0.397 e. The number of allylic oxidation sites excluding steroid dienone is 2. The van der Waals surface area contributed by atoms with E-state index in [1.54, 1.807) is 0 Å². The third-order valence-corrected chi connectivity index (χ3v) is 14.3. The van der Waals surface area contributed by atoms with Gasteiger partial charge in [0.2, 0.25) is 0 Å². The number of rotatable bonds is 11. The lowest BCUT2D eigenvalue weighted by Crippen LogP contribution is -2.62. The van der Waals surface area contributed by atoms with Gasteiger partial charge in [-0.2, -0.15) is 25.3 Å². The number of fused-ring (bicyclic) bond motifs is 5. The van der Waals surface area contributed by atoms with Gasteiger partial charge in [0.15, 0.2) is 0 Å². The minimum atomic E-state index is -5.07. The molecule has 0 amide bonds. The van der Waals surface area contributed by atoms with Crippen molar-refractivity contribution >= 4 is 31.2 Å². The van der Waals surface area contributed by atoms with E-state index in [0.717, 1.165) is 38.5 Å². The van der Waals surface area contributed by atoms with Crippen molar-refractivity contribution in [2.45, 2.75) is 125 Å². The van der Waals surface area contributed by atoms with Crippen molar-refractivity contribution in [2.24, 2.45) is 51.8 Å². The maximum absolute atomic E-state index is 12.1. The Kier molecular flexibility index (Phi) is 10.5. The molecule has 4 rings (SSSR count). The number of hydrogen-bond acceptors (Lipinski definition) is 9. The van der Waals surface area contributed by atoms with Crippen molar-refractivity contribution in [3.8, 4) is 0 Å². The molecule has 4 aliphatic carbocycles. The average molecular weight is 701 g/mol. The summed E-state index contributed by atoms with van der Waals surface area (Å²) in [7, 11) is -15.0. The molecule has 4 fully saturated rings. The second-order valence-corrected chi connectivity index (χ2v) is 18.6. The van der Waals surface area contributed by atoms with E-state index in [-0.39, 0.29) is 41.4 Å². The Labute approximate surface area is 269 Å².